The van der Waals surface area contributed by atoms with E-state index in [-0.39, 0.29) is 0 Å². The van der Waals surface area contributed by atoms with Crippen LogP contribution in [0.4, 0.5) is 10.8 Å². The van der Waals surface area contributed by atoms with Crippen molar-refractivity contribution in [2.45, 2.75) is 6.92 Å². The molecule has 130 valence electrons. The van der Waals surface area contributed by atoms with E-state index < -0.39 is 5.63 Å². The van der Waals surface area contributed by atoms with Gasteiger partial charge in [-0.3, -0.25) is 0 Å². The van der Waals surface area contributed by atoms with E-state index in [0.717, 1.165) is 16.8 Å². The van der Waals surface area contributed by atoms with Crippen molar-refractivity contribution in [3.63, 3.8) is 0 Å². The fourth-order valence-electron chi connectivity index (χ4n) is 2.56. The molecule has 0 fully saturated rings. The van der Waals surface area contributed by atoms with E-state index >= 15 is 0 Å². The molecule has 6 nitrogen and oxygen atoms in total. The monoisotopic (exact) mass is 365 g/mol. The molecular formula is C19H15N3O3S. The van der Waals surface area contributed by atoms with Crippen molar-refractivity contribution < 1.29 is 9.15 Å². The zero-order valence-corrected chi connectivity index (χ0v) is 14.7. The Morgan fingerprint density at radius 1 is 1.12 bits per heavy atom. The number of anilines is 2. The number of nitrogens with zero attached hydrogens (tertiary/aromatic N) is 2. The summed E-state index contributed by atoms with van der Waals surface area (Å²) >= 11 is 1.28. The van der Waals surface area contributed by atoms with E-state index in [0.29, 0.717) is 27.9 Å². The van der Waals surface area contributed by atoms with Gasteiger partial charge >= 0.3 is 5.63 Å². The Morgan fingerprint density at radius 3 is 2.81 bits per heavy atom. The number of aromatic nitrogens is 2. The summed E-state index contributed by atoms with van der Waals surface area (Å²) in [5, 5.41) is 13.4. The Labute approximate surface area is 153 Å². The SMILES string of the molecule is CCOc1ccccc1Nc1nnc(-c2cc3ccccc3oc2=O)s1. The summed E-state index contributed by atoms with van der Waals surface area (Å²) in [6, 6.07) is 16.7. The Hall–Kier alpha value is -3.19. The topological polar surface area (TPSA) is 77.2 Å². The van der Waals surface area contributed by atoms with E-state index in [2.05, 4.69) is 15.5 Å². The Kier molecular flexibility index (Phi) is 4.37. The predicted octanol–water partition coefficient (Wildman–Crippen LogP) is 4.45. The highest BCUT2D eigenvalue weighted by Gasteiger charge is 2.14. The molecule has 7 heteroatoms. The molecule has 0 aliphatic carbocycles. The molecule has 2 aromatic carbocycles. The largest absolute Gasteiger partial charge is 0.492 e. The third-order valence-corrected chi connectivity index (χ3v) is 4.60. The lowest BCUT2D eigenvalue weighted by atomic mass is 10.2. The Bertz CT molecular complexity index is 1120. The van der Waals surface area contributed by atoms with Gasteiger partial charge in [0.1, 0.15) is 11.3 Å². The zero-order chi connectivity index (χ0) is 17.9. The highest BCUT2D eigenvalue weighted by molar-refractivity contribution is 7.18. The van der Waals surface area contributed by atoms with Crippen LogP contribution in [-0.2, 0) is 0 Å². The Morgan fingerprint density at radius 2 is 1.92 bits per heavy atom. The van der Waals surface area contributed by atoms with Gasteiger partial charge in [0.05, 0.1) is 17.9 Å². The molecule has 0 spiro atoms. The van der Waals surface area contributed by atoms with Crippen LogP contribution in [0.25, 0.3) is 21.5 Å². The fraction of sp³-hybridized carbons (Fsp3) is 0.105. The summed E-state index contributed by atoms with van der Waals surface area (Å²) in [6.45, 7) is 2.50. The first-order chi connectivity index (χ1) is 12.7. The molecule has 0 atom stereocenters. The molecule has 4 rings (SSSR count). The van der Waals surface area contributed by atoms with Gasteiger partial charge in [0.15, 0.2) is 5.01 Å². The van der Waals surface area contributed by atoms with Crippen LogP contribution in [0, 0.1) is 0 Å². The smallest absolute Gasteiger partial charge is 0.346 e. The summed E-state index contributed by atoms with van der Waals surface area (Å²) in [5.41, 5.74) is 1.31. The van der Waals surface area contributed by atoms with Gasteiger partial charge in [0.25, 0.3) is 0 Å². The molecular weight excluding hydrogens is 350 g/mol. The first kappa shape index (κ1) is 16.3. The molecule has 0 unspecified atom stereocenters. The van der Waals surface area contributed by atoms with E-state index in [1.807, 2.05) is 49.4 Å². The van der Waals surface area contributed by atoms with Gasteiger partial charge in [-0.25, -0.2) is 4.79 Å². The maximum Gasteiger partial charge on any atom is 0.346 e. The molecule has 2 heterocycles. The van der Waals surface area contributed by atoms with Crippen LogP contribution < -0.4 is 15.7 Å². The van der Waals surface area contributed by atoms with E-state index in [1.165, 1.54) is 11.3 Å². The number of benzene rings is 2. The summed E-state index contributed by atoms with van der Waals surface area (Å²) in [6.07, 6.45) is 0. The average molecular weight is 365 g/mol. The summed E-state index contributed by atoms with van der Waals surface area (Å²) in [5.74, 6) is 0.733. The highest BCUT2D eigenvalue weighted by Crippen LogP contribution is 2.31. The standard InChI is InChI=1S/C19H15N3O3S/c1-2-24-16-10-6-4-8-14(16)20-19-22-21-17(26-19)13-11-12-7-3-5-9-15(12)25-18(13)23/h3-11H,2H2,1H3,(H,20,22). The quantitative estimate of drug-likeness (QED) is 0.526. The van der Waals surface area contributed by atoms with Gasteiger partial charge in [0.2, 0.25) is 5.13 Å². The van der Waals surface area contributed by atoms with Gasteiger partial charge in [-0.15, -0.1) is 10.2 Å². The summed E-state index contributed by atoms with van der Waals surface area (Å²) in [4.78, 5) is 12.3. The van der Waals surface area contributed by atoms with Crippen molar-refractivity contribution in [3.8, 4) is 16.3 Å². The van der Waals surface area contributed by atoms with E-state index in [4.69, 9.17) is 9.15 Å². The van der Waals surface area contributed by atoms with Crippen LogP contribution in [0.2, 0.25) is 0 Å². The van der Waals surface area contributed by atoms with Crippen LogP contribution in [0.5, 0.6) is 5.75 Å². The number of hydrogen-bond acceptors (Lipinski definition) is 7. The first-order valence-electron chi connectivity index (χ1n) is 8.10. The maximum absolute atomic E-state index is 12.3. The second-order valence-electron chi connectivity index (χ2n) is 5.45. The number of ether oxygens (including phenoxy) is 1. The number of fused-ring (bicyclic) bond motifs is 1. The van der Waals surface area contributed by atoms with E-state index in [1.54, 1.807) is 12.1 Å². The minimum atomic E-state index is -0.430. The highest BCUT2D eigenvalue weighted by atomic mass is 32.1. The minimum absolute atomic E-state index is 0.396. The van der Waals surface area contributed by atoms with Crippen molar-refractivity contribution >= 4 is 33.1 Å². The molecule has 0 saturated carbocycles. The van der Waals surface area contributed by atoms with Gasteiger partial charge in [-0.05, 0) is 31.2 Å². The average Bonchev–Trinajstić information content (AvgIpc) is 3.11. The summed E-state index contributed by atoms with van der Waals surface area (Å²) in [7, 11) is 0. The third kappa shape index (κ3) is 3.16. The zero-order valence-electron chi connectivity index (χ0n) is 13.9. The summed E-state index contributed by atoms with van der Waals surface area (Å²) < 4.78 is 11.0. The number of para-hydroxylation sites is 3. The van der Waals surface area contributed by atoms with Crippen molar-refractivity contribution in [1.29, 1.82) is 0 Å². The normalized spacial score (nSPS) is 10.8. The van der Waals surface area contributed by atoms with Crippen molar-refractivity contribution in [3.05, 3.63) is 65.0 Å². The third-order valence-electron chi connectivity index (χ3n) is 3.73. The van der Waals surface area contributed by atoms with Crippen LogP contribution in [0.3, 0.4) is 0 Å². The second kappa shape index (κ2) is 6.97. The van der Waals surface area contributed by atoms with Crippen molar-refractivity contribution in [2.24, 2.45) is 0 Å². The second-order valence-corrected chi connectivity index (χ2v) is 6.43. The molecule has 1 N–H and O–H groups in total. The molecule has 0 radical (unpaired) electrons. The lowest BCUT2D eigenvalue weighted by molar-refractivity contribution is 0.342. The van der Waals surface area contributed by atoms with Crippen molar-refractivity contribution in [2.75, 3.05) is 11.9 Å². The molecule has 0 amide bonds. The predicted molar refractivity (Wildman–Crippen MR) is 102 cm³/mol. The maximum atomic E-state index is 12.3. The van der Waals surface area contributed by atoms with Gasteiger partial charge in [-0.1, -0.05) is 41.7 Å². The van der Waals surface area contributed by atoms with Gasteiger partial charge < -0.3 is 14.5 Å². The molecule has 0 aliphatic heterocycles. The molecule has 4 aromatic rings. The molecule has 26 heavy (non-hydrogen) atoms. The first-order valence-corrected chi connectivity index (χ1v) is 8.92. The van der Waals surface area contributed by atoms with Gasteiger partial charge in [-0.2, -0.15) is 0 Å². The number of nitrogens with one attached hydrogen (secondary N) is 1. The van der Waals surface area contributed by atoms with Gasteiger partial charge in [0, 0.05) is 5.39 Å². The molecule has 2 aromatic heterocycles. The van der Waals surface area contributed by atoms with Crippen LogP contribution in [0.1, 0.15) is 6.92 Å². The lowest BCUT2D eigenvalue weighted by Gasteiger charge is -2.09. The lowest BCUT2D eigenvalue weighted by Crippen LogP contribution is -2.02. The molecule has 0 aliphatic rings. The van der Waals surface area contributed by atoms with Crippen LogP contribution in [0.15, 0.2) is 63.8 Å². The minimum Gasteiger partial charge on any atom is -0.492 e. The number of rotatable bonds is 5. The fourth-order valence-corrected chi connectivity index (χ4v) is 3.32. The Balaban J connectivity index is 1.67. The van der Waals surface area contributed by atoms with Crippen LogP contribution >= 0.6 is 11.3 Å². The van der Waals surface area contributed by atoms with Crippen molar-refractivity contribution in [1.82, 2.24) is 10.2 Å². The molecule has 0 saturated heterocycles. The molecule has 0 bridgehead atoms. The number of hydrogen-bond donors (Lipinski definition) is 1. The van der Waals surface area contributed by atoms with E-state index in [9.17, 15) is 4.79 Å². The van der Waals surface area contributed by atoms with Crippen LogP contribution in [-0.4, -0.2) is 16.8 Å².